The first-order valence-electron chi connectivity index (χ1n) is 7.82. The van der Waals surface area contributed by atoms with Gasteiger partial charge in [-0.25, -0.2) is 0 Å². The van der Waals surface area contributed by atoms with Gasteiger partial charge < -0.3 is 9.55 Å². The van der Waals surface area contributed by atoms with Crippen molar-refractivity contribution in [3.05, 3.63) is 23.5 Å². The van der Waals surface area contributed by atoms with Gasteiger partial charge in [-0.3, -0.25) is 0 Å². The molecule has 0 atom stereocenters. The van der Waals surface area contributed by atoms with Gasteiger partial charge in [0.05, 0.1) is 0 Å². The number of nitrogens with one attached hydrogen (secondary N) is 1. The van der Waals surface area contributed by atoms with Crippen molar-refractivity contribution in [3.8, 4) is 0 Å². The third-order valence-corrected chi connectivity index (χ3v) is 11.9. The molecule has 19 heavy (non-hydrogen) atoms. The molecule has 0 aromatic carbocycles. The second-order valence-electron chi connectivity index (χ2n) is 6.94. The van der Waals surface area contributed by atoms with Crippen LogP contribution in [0.15, 0.2) is 12.3 Å². The maximum absolute atomic E-state index is 3.50. The van der Waals surface area contributed by atoms with E-state index in [1.807, 2.05) is 0 Å². The molecule has 2 rings (SSSR count). The van der Waals surface area contributed by atoms with Crippen LogP contribution >= 0.6 is 0 Å². The molecule has 0 bridgehead atoms. The average Bonchev–Trinajstić information content (AvgIpc) is 2.73. The third kappa shape index (κ3) is 2.21. The fourth-order valence-electron chi connectivity index (χ4n) is 4.57. The van der Waals surface area contributed by atoms with Crippen LogP contribution in [-0.2, 0) is 13.0 Å². The Bertz CT molecular complexity index is 410. The van der Waals surface area contributed by atoms with Crippen molar-refractivity contribution in [2.24, 2.45) is 0 Å². The summed E-state index contributed by atoms with van der Waals surface area (Å²) in [5, 5.41) is 3.50. The fraction of sp³-hybridized carbons (Fsp3) is 0.750. The molecular formula is C16H30N2Si. The predicted molar refractivity (Wildman–Crippen MR) is 86.3 cm³/mol. The van der Waals surface area contributed by atoms with Gasteiger partial charge in [0, 0.05) is 18.8 Å². The number of fused-ring (bicyclic) bond motifs is 1. The molecule has 3 heteroatoms. The van der Waals surface area contributed by atoms with Crippen molar-refractivity contribution in [2.75, 3.05) is 6.54 Å². The second-order valence-corrected chi connectivity index (χ2v) is 12.7. The lowest BCUT2D eigenvalue weighted by Crippen LogP contribution is -2.52. The number of aromatic nitrogens is 1. The van der Waals surface area contributed by atoms with Gasteiger partial charge in [0.2, 0.25) is 0 Å². The predicted octanol–water partition coefficient (Wildman–Crippen LogP) is 4.16. The Morgan fingerprint density at radius 1 is 1.05 bits per heavy atom. The number of nitrogens with zero attached hydrogens (tertiary/aromatic N) is 1. The van der Waals surface area contributed by atoms with Crippen molar-refractivity contribution in [2.45, 2.75) is 71.1 Å². The van der Waals surface area contributed by atoms with Crippen molar-refractivity contribution in [1.29, 1.82) is 0 Å². The summed E-state index contributed by atoms with van der Waals surface area (Å²) in [6.07, 6.45) is 3.60. The third-order valence-electron chi connectivity index (χ3n) is 5.13. The maximum atomic E-state index is 3.50. The van der Waals surface area contributed by atoms with Crippen molar-refractivity contribution in [3.63, 3.8) is 0 Å². The van der Waals surface area contributed by atoms with Crippen LogP contribution < -0.4 is 5.32 Å². The number of rotatable bonds is 4. The summed E-state index contributed by atoms with van der Waals surface area (Å²) in [4.78, 5) is 0. The van der Waals surface area contributed by atoms with Crippen LogP contribution in [0, 0.1) is 0 Å². The lowest BCUT2D eigenvalue weighted by atomic mass is 10.1. The molecule has 108 valence electrons. The lowest BCUT2D eigenvalue weighted by molar-refractivity contribution is 0.624. The van der Waals surface area contributed by atoms with Gasteiger partial charge in [-0.1, -0.05) is 41.5 Å². The minimum atomic E-state index is -1.54. The molecule has 1 aliphatic rings. The maximum Gasteiger partial charge on any atom is 0.169 e. The second kappa shape index (κ2) is 5.45. The molecule has 0 saturated carbocycles. The van der Waals surface area contributed by atoms with E-state index < -0.39 is 8.24 Å². The van der Waals surface area contributed by atoms with E-state index in [1.54, 1.807) is 5.69 Å². The largest absolute Gasteiger partial charge is 0.377 e. The van der Waals surface area contributed by atoms with Gasteiger partial charge in [-0.2, -0.15) is 0 Å². The minimum Gasteiger partial charge on any atom is -0.377 e. The molecule has 0 spiro atoms. The highest BCUT2D eigenvalue weighted by atomic mass is 28.3. The summed E-state index contributed by atoms with van der Waals surface area (Å²) in [6, 6.07) is 2.36. The summed E-state index contributed by atoms with van der Waals surface area (Å²) < 4.78 is 2.77. The molecule has 0 saturated heterocycles. The summed E-state index contributed by atoms with van der Waals surface area (Å²) in [6.45, 7) is 16.9. The van der Waals surface area contributed by atoms with E-state index in [0.29, 0.717) is 0 Å². The van der Waals surface area contributed by atoms with Crippen molar-refractivity contribution >= 4 is 8.24 Å². The zero-order valence-corrected chi connectivity index (χ0v) is 14.5. The van der Waals surface area contributed by atoms with Gasteiger partial charge in [0.25, 0.3) is 0 Å². The summed E-state index contributed by atoms with van der Waals surface area (Å²) >= 11 is 0. The first kappa shape index (κ1) is 14.9. The summed E-state index contributed by atoms with van der Waals surface area (Å²) in [5.41, 5.74) is 5.49. The minimum absolute atomic E-state index is 0.777. The average molecular weight is 279 g/mol. The molecule has 1 aliphatic heterocycles. The molecule has 0 radical (unpaired) electrons. The van der Waals surface area contributed by atoms with Crippen LogP contribution in [0.3, 0.4) is 0 Å². The zero-order chi connectivity index (χ0) is 14.2. The van der Waals surface area contributed by atoms with Crippen LogP contribution in [-0.4, -0.2) is 19.0 Å². The summed E-state index contributed by atoms with van der Waals surface area (Å²) in [7, 11) is -1.54. The Kier molecular flexibility index (Phi) is 4.26. The Morgan fingerprint density at radius 3 is 2.16 bits per heavy atom. The molecule has 2 heterocycles. The van der Waals surface area contributed by atoms with Gasteiger partial charge in [0.15, 0.2) is 8.24 Å². The SMILES string of the molecule is CC(C)[Si](C(C)C)(C(C)C)n1ccc2c1CCNC2. The molecule has 0 amide bonds. The van der Waals surface area contributed by atoms with E-state index in [0.717, 1.165) is 29.7 Å². The highest BCUT2D eigenvalue weighted by Gasteiger charge is 2.46. The summed E-state index contributed by atoms with van der Waals surface area (Å²) in [5.74, 6) is 0. The first-order chi connectivity index (χ1) is 8.92. The lowest BCUT2D eigenvalue weighted by Gasteiger charge is -2.45. The first-order valence-corrected chi connectivity index (χ1v) is 10.0. The number of hydrogen-bond donors (Lipinski definition) is 1. The molecule has 1 aromatic heterocycles. The van der Waals surface area contributed by atoms with Gasteiger partial charge >= 0.3 is 0 Å². The Hall–Kier alpha value is -0.543. The normalized spacial score (nSPS) is 16.5. The highest BCUT2D eigenvalue weighted by Crippen LogP contribution is 2.44. The van der Waals surface area contributed by atoms with Crippen LogP contribution in [0.1, 0.15) is 52.8 Å². The Balaban J connectivity index is 2.58. The monoisotopic (exact) mass is 278 g/mol. The van der Waals surface area contributed by atoms with Crippen LogP contribution in [0.25, 0.3) is 0 Å². The van der Waals surface area contributed by atoms with E-state index in [1.165, 1.54) is 12.0 Å². The molecule has 0 fully saturated rings. The van der Waals surface area contributed by atoms with Crippen LogP contribution in [0.5, 0.6) is 0 Å². The number of hydrogen-bond acceptors (Lipinski definition) is 1. The zero-order valence-electron chi connectivity index (χ0n) is 13.5. The van der Waals surface area contributed by atoms with E-state index >= 15 is 0 Å². The van der Waals surface area contributed by atoms with E-state index in [2.05, 4.69) is 63.4 Å². The molecular weight excluding hydrogens is 248 g/mol. The highest BCUT2D eigenvalue weighted by molar-refractivity contribution is 6.82. The van der Waals surface area contributed by atoms with Crippen LogP contribution in [0.4, 0.5) is 0 Å². The van der Waals surface area contributed by atoms with Crippen molar-refractivity contribution < 1.29 is 0 Å². The van der Waals surface area contributed by atoms with Gasteiger partial charge in [-0.05, 0) is 40.9 Å². The smallest absolute Gasteiger partial charge is 0.169 e. The molecule has 1 N–H and O–H groups in total. The van der Waals surface area contributed by atoms with Gasteiger partial charge in [-0.15, -0.1) is 0 Å². The van der Waals surface area contributed by atoms with Crippen LogP contribution in [0.2, 0.25) is 16.6 Å². The van der Waals surface area contributed by atoms with E-state index in [-0.39, 0.29) is 0 Å². The standard InChI is InChI=1S/C16H30N2Si/c1-12(2)19(13(3)4,14(5)6)18-10-8-15-11-17-9-7-16(15)18/h8,10,12-14,17H,7,9,11H2,1-6H3. The molecule has 1 aromatic rings. The van der Waals surface area contributed by atoms with Gasteiger partial charge in [0.1, 0.15) is 0 Å². The van der Waals surface area contributed by atoms with Crippen molar-refractivity contribution in [1.82, 2.24) is 9.55 Å². The van der Waals surface area contributed by atoms with E-state index in [9.17, 15) is 0 Å². The quantitative estimate of drug-likeness (QED) is 0.818. The van der Waals surface area contributed by atoms with E-state index in [4.69, 9.17) is 0 Å². The Labute approximate surface area is 119 Å². The molecule has 0 aliphatic carbocycles. The molecule has 0 unspecified atom stereocenters. The topological polar surface area (TPSA) is 17.0 Å². The fourth-order valence-corrected chi connectivity index (χ4v) is 11.3. The molecule has 2 nitrogen and oxygen atoms in total. The Morgan fingerprint density at radius 2 is 1.63 bits per heavy atom.